The topological polar surface area (TPSA) is 40.5 Å². The molecule has 68 valence electrons. The van der Waals surface area contributed by atoms with E-state index in [2.05, 4.69) is 22.5 Å². The molecule has 1 aromatic rings. The summed E-state index contributed by atoms with van der Waals surface area (Å²) >= 11 is 3.37. The molecule has 0 radical (unpaired) electrons. The third-order valence-electron chi connectivity index (χ3n) is 1.73. The molecular weight excluding hydrogens is 231 g/mol. The summed E-state index contributed by atoms with van der Waals surface area (Å²) in [6.45, 7) is 3.63. The van der Waals surface area contributed by atoms with E-state index in [-0.39, 0.29) is 0 Å². The third-order valence-corrected chi connectivity index (χ3v) is 2.51. The maximum absolute atomic E-state index is 8.92. The van der Waals surface area contributed by atoms with Gasteiger partial charge in [0, 0.05) is 4.47 Å². The van der Waals surface area contributed by atoms with Gasteiger partial charge in [-0.15, -0.1) is 6.58 Å². The zero-order valence-corrected chi connectivity index (χ0v) is 8.66. The quantitative estimate of drug-likeness (QED) is 0.608. The largest absolute Gasteiger partial charge is 0.488 e. The van der Waals surface area contributed by atoms with Gasteiger partial charge in [-0.25, -0.2) is 0 Å². The number of hydrogen-bond acceptors (Lipinski definition) is 2. The Morgan fingerprint density at radius 1 is 1.46 bits per heavy atom. The van der Waals surface area contributed by atoms with Crippen LogP contribution in [0.2, 0.25) is 0 Å². The lowest BCUT2D eigenvalue weighted by Crippen LogP contribution is -2.29. The van der Waals surface area contributed by atoms with Gasteiger partial charge in [-0.1, -0.05) is 34.1 Å². The molecule has 0 saturated heterocycles. The third kappa shape index (κ3) is 2.69. The summed E-state index contributed by atoms with van der Waals surface area (Å²) in [6, 6.07) is 5.21. The minimum atomic E-state index is -1.41. The number of hydrogen-bond donors (Lipinski definition) is 2. The number of rotatable bonds is 3. The Morgan fingerprint density at radius 3 is 2.69 bits per heavy atom. The van der Waals surface area contributed by atoms with Crippen molar-refractivity contribution in [3.05, 3.63) is 40.9 Å². The van der Waals surface area contributed by atoms with Gasteiger partial charge >= 0.3 is 7.12 Å². The van der Waals surface area contributed by atoms with Crippen LogP contribution in [0.1, 0.15) is 5.56 Å². The van der Waals surface area contributed by atoms with Crippen molar-refractivity contribution in [1.82, 2.24) is 0 Å². The first kappa shape index (κ1) is 10.5. The summed E-state index contributed by atoms with van der Waals surface area (Å²) in [5.74, 6) is 0. The van der Waals surface area contributed by atoms with Gasteiger partial charge in [0.05, 0.1) is 0 Å². The van der Waals surface area contributed by atoms with Gasteiger partial charge in [-0.3, -0.25) is 0 Å². The highest BCUT2D eigenvalue weighted by Crippen LogP contribution is 2.15. The molecule has 2 nitrogen and oxygen atoms in total. The van der Waals surface area contributed by atoms with Gasteiger partial charge in [0.15, 0.2) is 0 Å². The van der Waals surface area contributed by atoms with Crippen molar-refractivity contribution in [1.29, 1.82) is 0 Å². The summed E-state index contributed by atoms with van der Waals surface area (Å²) in [4.78, 5) is 0. The Hall–Kier alpha value is -0.575. The first-order chi connectivity index (χ1) is 6.15. The molecule has 0 aliphatic heterocycles. The van der Waals surface area contributed by atoms with Crippen LogP contribution in [-0.4, -0.2) is 17.2 Å². The molecule has 0 saturated carbocycles. The van der Waals surface area contributed by atoms with Crippen molar-refractivity contribution in [3.8, 4) is 0 Å². The van der Waals surface area contributed by atoms with Gasteiger partial charge < -0.3 is 10.0 Å². The lowest BCUT2D eigenvalue weighted by atomic mass is 9.79. The molecule has 2 N–H and O–H groups in total. The lowest BCUT2D eigenvalue weighted by molar-refractivity contribution is 0.425. The molecule has 0 atom stereocenters. The molecule has 0 fully saturated rings. The van der Waals surface area contributed by atoms with E-state index in [9.17, 15) is 0 Å². The molecule has 0 bridgehead atoms. The molecule has 0 aliphatic carbocycles. The van der Waals surface area contributed by atoms with Crippen LogP contribution in [0.5, 0.6) is 0 Å². The standard InChI is InChI=1S/C9H10BBrO2/c1-2-3-7-6-8(10(12)13)4-5-9(7)11/h2,4-6,12-13H,1,3H2. The summed E-state index contributed by atoms with van der Waals surface area (Å²) in [6.07, 6.45) is 2.48. The maximum Gasteiger partial charge on any atom is 0.488 e. The second-order valence-electron chi connectivity index (χ2n) is 2.72. The summed E-state index contributed by atoms with van der Waals surface area (Å²) < 4.78 is 0.955. The zero-order valence-electron chi connectivity index (χ0n) is 7.07. The van der Waals surface area contributed by atoms with Crippen molar-refractivity contribution in [2.75, 3.05) is 0 Å². The molecule has 0 spiro atoms. The van der Waals surface area contributed by atoms with E-state index in [1.165, 1.54) is 0 Å². The van der Waals surface area contributed by atoms with Gasteiger partial charge in [-0.05, 0) is 23.5 Å². The predicted octanol–water partition coefficient (Wildman–Crippen LogP) is 0.857. The fourth-order valence-electron chi connectivity index (χ4n) is 1.07. The first-order valence-electron chi connectivity index (χ1n) is 3.90. The van der Waals surface area contributed by atoms with Crippen LogP contribution in [-0.2, 0) is 6.42 Å². The molecule has 0 heterocycles. The van der Waals surface area contributed by atoms with Crippen LogP contribution in [0.25, 0.3) is 0 Å². The van der Waals surface area contributed by atoms with E-state index in [0.717, 1.165) is 10.0 Å². The van der Waals surface area contributed by atoms with Crippen molar-refractivity contribution in [2.45, 2.75) is 6.42 Å². The Bertz CT molecular complexity index is 312. The lowest BCUT2D eigenvalue weighted by Gasteiger charge is -2.04. The molecule has 1 aromatic carbocycles. The van der Waals surface area contributed by atoms with Gasteiger partial charge in [0.2, 0.25) is 0 Å². The minimum absolute atomic E-state index is 0.500. The minimum Gasteiger partial charge on any atom is -0.423 e. The SMILES string of the molecule is C=CCc1cc(B(O)O)ccc1Br. The molecule has 0 aromatic heterocycles. The highest BCUT2D eigenvalue weighted by molar-refractivity contribution is 9.10. The molecule has 0 aliphatic rings. The second-order valence-corrected chi connectivity index (χ2v) is 3.57. The Kier molecular flexibility index (Phi) is 3.72. The fraction of sp³-hybridized carbons (Fsp3) is 0.111. The Labute approximate surface area is 86.2 Å². The van der Waals surface area contributed by atoms with Gasteiger partial charge in [0.25, 0.3) is 0 Å². The molecule has 1 rings (SSSR count). The van der Waals surface area contributed by atoms with E-state index in [1.807, 2.05) is 0 Å². The average molecular weight is 241 g/mol. The molecule has 13 heavy (non-hydrogen) atoms. The van der Waals surface area contributed by atoms with Gasteiger partial charge in [0.1, 0.15) is 0 Å². The van der Waals surface area contributed by atoms with Crippen LogP contribution in [0.15, 0.2) is 35.3 Å². The average Bonchev–Trinajstić information content (AvgIpc) is 2.08. The van der Waals surface area contributed by atoms with Crippen LogP contribution >= 0.6 is 15.9 Å². The molecule has 0 unspecified atom stereocenters. The smallest absolute Gasteiger partial charge is 0.423 e. The van der Waals surface area contributed by atoms with Crippen LogP contribution < -0.4 is 5.46 Å². The first-order valence-corrected chi connectivity index (χ1v) is 4.70. The van der Waals surface area contributed by atoms with Crippen molar-refractivity contribution >= 4 is 28.5 Å². The fourth-order valence-corrected chi connectivity index (χ4v) is 1.48. The molecule has 0 amide bonds. The maximum atomic E-state index is 8.92. The highest BCUT2D eigenvalue weighted by atomic mass is 79.9. The van der Waals surface area contributed by atoms with E-state index in [1.54, 1.807) is 24.3 Å². The van der Waals surface area contributed by atoms with Gasteiger partial charge in [-0.2, -0.15) is 0 Å². The Balaban J connectivity index is 3.03. The number of allylic oxidation sites excluding steroid dienone is 1. The molecule has 4 heteroatoms. The highest BCUT2D eigenvalue weighted by Gasteiger charge is 2.11. The molecular formula is C9H10BBrO2. The van der Waals surface area contributed by atoms with Crippen LogP contribution in [0, 0.1) is 0 Å². The predicted molar refractivity (Wildman–Crippen MR) is 57.9 cm³/mol. The van der Waals surface area contributed by atoms with E-state index < -0.39 is 7.12 Å². The van der Waals surface area contributed by atoms with Crippen LogP contribution in [0.3, 0.4) is 0 Å². The van der Waals surface area contributed by atoms with Crippen molar-refractivity contribution < 1.29 is 10.0 Å². The van der Waals surface area contributed by atoms with Crippen LogP contribution in [0.4, 0.5) is 0 Å². The Morgan fingerprint density at radius 2 is 2.15 bits per heavy atom. The van der Waals surface area contributed by atoms with Crippen molar-refractivity contribution in [2.24, 2.45) is 0 Å². The number of benzene rings is 1. The van der Waals surface area contributed by atoms with E-state index in [4.69, 9.17) is 10.0 Å². The van der Waals surface area contributed by atoms with E-state index in [0.29, 0.717) is 11.9 Å². The summed E-state index contributed by atoms with van der Waals surface area (Å²) in [7, 11) is -1.41. The monoisotopic (exact) mass is 240 g/mol. The second kappa shape index (κ2) is 4.60. The zero-order chi connectivity index (χ0) is 9.84. The summed E-state index contributed by atoms with van der Waals surface area (Å²) in [5.41, 5.74) is 1.50. The normalized spacial score (nSPS) is 9.77. The number of halogens is 1. The summed E-state index contributed by atoms with van der Waals surface area (Å²) in [5, 5.41) is 17.8. The van der Waals surface area contributed by atoms with Crippen molar-refractivity contribution in [3.63, 3.8) is 0 Å². The van der Waals surface area contributed by atoms with E-state index >= 15 is 0 Å².